The van der Waals surface area contributed by atoms with Gasteiger partial charge in [-0.15, -0.1) is 15.3 Å². The Balaban J connectivity index is 1.20. The third-order valence-electron chi connectivity index (χ3n) is 6.62. The molecule has 5 rings (SSSR count). The van der Waals surface area contributed by atoms with Gasteiger partial charge in [0.15, 0.2) is 17.3 Å². The highest BCUT2D eigenvalue weighted by Crippen LogP contribution is 2.19. The number of H-pyrrole nitrogens is 1. The summed E-state index contributed by atoms with van der Waals surface area (Å²) in [5.74, 6) is 1.56. The van der Waals surface area contributed by atoms with Crippen LogP contribution in [-0.2, 0) is 17.8 Å². The summed E-state index contributed by atoms with van der Waals surface area (Å²) in [5, 5.41) is 17.5. The van der Waals surface area contributed by atoms with E-state index in [9.17, 15) is 9.59 Å². The quantitative estimate of drug-likeness (QED) is 0.445. The summed E-state index contributed by atoms with van der Waals surface area (Å²) in [4.78, 5) is 31.3. The van der Waals surface area contributed by atoms with Crippen molar-refractivity contribution in [3.63, 3.8) is 0 Å². The van der Waals surface area contributed by atoms with Crippen LogP contribution in [0.3, 0.4) is 0 Å². The van der Waals surface area contributed by atoms with Crippen molar-refractivity contribution >= 4 is 11.6 Å². The maximum Gasteiger partial charge on any atom is 0.248 e. The minimum atomic E-state index is -0.0876. The minimum absolute atomic E-state index is 0.0876. The molecule has 1 aliphatic rings. The molecule has 0 saturated carbocycles. The van der Waals surface area contributed by atoms with Crippen LogP contribution in [0.25, 0.3) is 11.5 Å². The van der Waals surface area contributed by atoms with Crippen LogP contribution in [-0.4, -0.2) is 76.5 Å². The molecule has 1 saturated heterocycles. The molecule has 1 aliphatic heterocycles. The standard InChI is InChI=1S/C24H29N9O2/c1-16-20(17(2)32(28-16)22-6-5-21-27-26-18(3)33(21)29-22)4-7-24(35)31-12-10-30(11-13-31)15-19-8-9-25-23(34)14-19/h5-6,8-9,14H,4,7,10-13,15H2,1-3H3,(H,25,34). The van der Waals surface area contributed by atoms with E-state index < -0.39 is 0 Å². The number of fused-ring (bicyclic) bond motifs is 1. The van der Waals surface area contributed by atoms with Gasteiger partial charge in [0.25, 0.3) is 0 Å². The lowest BCUT2D eigenvalue weighted by Crippen LogP contribution is -2.48. The largest absolute Gasteiger partial charge is 0.340 e. The van der Waals surface area contributed by atoms with Crippen molar-refractivity contribution in [2.24, 2.45) is 0 Å². The van der Waals surface area contributed by atoms with Crippen molar-refractivity contribution in [1.29, 1.82) is 0 Å². The summed E-state index contributed by atoms with van der Waals surface area (Å²) >= 11 is 0. The molecular weight excluding hydrogens is 446 g/mol. The number of piperazine rings is 1. The van der Waals surface area contributed by atoms with E-state index in [2.05, 4.69) is 25.2 Å². The molecule has 0 spiro atoms. The first-order valence-electron chi connectivity index (χ1n) is 11.8. The van der Waals surface area contributed by atoms with Crippen molar-refractivity contribution in [2.75, 3.05) is 26.2 Å². The van der Waals surface area contributed by atoms with Gasteiger partial charge in [0.2, 0.25) is 11.5 Å². The Kier molecular flexibility index (Phi) is 6.16. The van der Waals surface area contributed by atoms with Gasteiger partial charge in [-0.1, -0.05) is 0 Å². The zero-order chi connectivity index (χ0) is 24.5. The fourth-order valence-electron chi connectivity index (χ4n) is 4.65. The first-order valence-corrected chi connectivity index (χ1v) is 11.8. The highest BCUT2D eigenvalue weighted by Gasteiger charge is 2.22. The van der Waals surface area contributed by atoms with E-state index in [1.807, 2.05) is 48.6 Å². The third kappa shape index (κ3) is 4.72. The van der Waals surface area contributed by atoms with Crippen molar-refractivity contribution in [1.82, 2.24) is 44.4 Å². The molecule has 4 aromatic heterocycles. The Bertz CT molecular complexity index is 1430. The molecule has 35 heavy (non-hydrogen) atoms. The normalized spacial score (nSPS) is 14.7. The van der Waals surface area contributed by atoms with Gasteiger partial charge in [-0.2, -0.15) is 9.61 Å². The predicted octanol–water partition coefficient (Wildman–Crippen LogP) is 1.20. The molecule has 0 aromatic carbocycles. The van der Waals surface area contributed by atoms with Gasteiger partial charge in [0, 0.05) is 57.1 Å². The molecular formula is C24H29N9O2. The van der Waals surface area contributed by atoms with Gasteiger partial charge >= 0.3 is 0 Å². The highest BCUT2D eigenvalue weighted by molar-refractivity contribution is 5.76. The first-order chi connectivity index (χ1) is 16.9. The van der Waals surface area contributed by atoms with E-state index in [0.717, 1.165) is 42.1 Å². The lowest BCUT2D eigenvalue weighted by atomic mass is 10.1. The molecule has 11 nitrogen and oxygen atoms in total. The van der Waals surface area contributed by atoms with Gasteiger partial charge < -0.3 is 9.88 Å². The number of hydrogen-bond donors (Lipinski definition) is 1. The molecule has 1 N–H and O–H groups in total. The lowest BCUT2D eigenvalue weighted by molar-refractivity contribution is -0.133. The van der Waals surface area contributed by atoms with Crippen LogP contribution in [0, 0.1) is 20.8 Å². The van der Waals surface area contributed by atoms with Gasteiger partial charge in [0.05, 0.1) is 5.69 Å². The SMILES string of the molecule is Cc1nn(-c2ccc3nnc(C)n3n2)c(C)c1CCC(=O)N1CCN(Cc2cc[nH]c(=O)c2)CC1. The van der Waals surface area contributed by atoms with Crippen molar-refractivity contribution in [3.05, 3.63) is 69.2 Å². The van der Waals surface area contributed by atoms with E-state index in [0.29, 0.717) is 43.2 Å². The Labute approximate surface area is 202 Å². The van der Waals surface area contributed by atoms with E-state index in [4.69, 9.17) is 5.10 Å². The molecule has 0 radical (unpaired) electrons. The topological polar surface area (TPSA) is 117 Å². The van der Waals surface area contributed by atoms with Crippen LogP contribution in [0.2, 0.25) is 0 Å². The number of nitrogens with zero attached hydrogens (tertiary/aromatic N) is 8. The molecule has 11 heteroatoms. The minimum Gasteiger partial charge on any atom is -0.340 e. The fourth-order valence-corrected chi connectivity index (χ4v) is 4.65. The van der Waals surface area contributed by atoms with Crippen LogP contribution in [0.1, 0.15) is 34.8 Å². The van der Waals surface area contributed by atoms with E-state index in [-0.39, 0.29) is 11.5 Å². The number of carbonyl (C=O) groups excluding carboxylic acids is 1. The number of hydrogen-bond acceptors (Lipinski definition) is 7. The summed E-state index contributed by atoms with van der Waals surface area (Å²) in [5.41, 5.74) is 4.56. The number of rotatable bonds is 6. The van der Waals surface area contributed by atoms with Gasteiger partial charge in [-0.25, -0.2) is 4.68 Å². The highest BCUT2D eigenvalue weighted by atomic mass is 16.2. The Hall–Kier alpha value is -3.86. The van der Waals surface area contributed by atoms with Crippen molar-refractivity contribution in [2.45, 2.75) is 40.2 Å². The average molecular weight is 476 g/mol. The number of carbonyl (C=O) groups is 1. The number of aromatic nitrogens is 7. The number of pyridine rings is 1. The third-order valence-corrected chi connectivity index (χ3v) is 6.62. The number of aryl methyl sites for hydroxylation is 2. The second kappa shape index (κ2) is 9.41. The average Bonchev–Trinajstić information content (AvgIpc) is 3.36. The summed E-state index contributed by atoms with van der Waals surface area (Å²) in [6.45, 7) is 9.55. The van der Waals surface area contributed by atoms with Crippen LogP contribution < -0.4 is 5.56 Å². The van der Waals surface area contributed by atoms with E-state index >= 15 is 0 Å². The molecule has 0 atom stereocenters. The molecule has 0 unspecified atom stereocenters. The van der Waals surface area contributed by atoms with Crippen LogP contribution in [0.5, 0.6) is 0 Å². The van der Waals surface area contributed by atoms with E-state index in [1.165, 1.54) is 0 Å². The first kappa shape index (κ1) is 22.9. The molecule has 1 fully saturated rings. The second-order valence-corrected chi connectivity index (χ2v) is 8.99. The maximum absolute atomic E-state index is 12.9. The summed E-state index contributed by atoms with van der Waals surface area (Å²) in [6.07, 6.45) is 2.75. The maximum atomic E-state index is 12.9. The zero-order valence-corrected chi connectivity index (χ0v) is 20.2. The van der Waals surface area contributed by atoms with Crippen molar-refractivity contribution < 1.29 is 4.79 Å². The summed E-state index contributed by atoms with van der Waals surface area (Å²) in [6, 6.07) is 7.30. The Morgan fingerprint density at radius 2 is 1.83 bits per heavy atom. The molecule has 0 aliphatic carbocycles. The van der Waals surface area contributed by atoms with Gasteiger partial charge in [-0.05, 0) is 56.5 Å². The molecule has 1 amide bonds. The smallest absolute Gasteiger partial charge is 0.248 e. The van der Waals surface area contributed by atoms with E-state index in [1.54, 1.807) is 16.8 Å². The molecule has 5 heterocycles. The zero-order valence-electron chi connectivity index (χ0n) is 20.2. The number of nitrogens with one attached hydrogen (secondary N) is 1. The van der Waals surface area contributed by atoms with Gasteiger partial charge in [0.1, 0.15) is 0 Å². The fraction of sp³-hybridized carbons (Fsp3) is 0.417. The molecule has 4 aromatic rings. The van der Waals surface area contributed by atoms with Crippen molar-refractivity contribution in [3.8, 4) is 5.82 Å². The molecule has 182 valence electrons. The monoisotopic (exact) mass is 475 g/mol. The van der Waals surface area contributed by atoms with Crippen LogP contribution >= 0.6 is 0 Å². The molecule has 0 bridgehead atoms. The van der Waals surface area contributed by atoms with Crippen LogP contribution in [0.4, 0.5) is 0 Å². The van der Waals surface area contributed by atoms with Gasteiger partial charge in [-0.3, -0.25) is 14.5 Å². The summed E-state index contributed by atoms with van der Waals surface area (Å²) < 4.78 is 3.52. The Morgan fingerprint density at radius 3 is 2.60 bits per heavy atom. The summed E-state index contributed by atoms with van der Waals surface area (Å²) in [7, 11) is 0. The second-order valence-electron chi connectivity index (χ2n) is 8.99. The number of aromatic amines is 1. The predicted molar refractivity (Wildman–Crippen MR) is 129 cm³/mol. The number of amides is 1. The Morgan fingerprint density at radius 1 is 1.03 bits per heavy atom. The lowest BCUT2D eigenvalue weighted by Gasteiger charge is -2.34. The van der Waals surface area contributed by atoms with Crippen LogP contribution in [0.15, 0.2) is 35.3 Å².